The van der Waals surface area contributed by atoms with Crippen molar-refractivity contribution in [3.8, 4) is 22.3 Å². The Bertz CT molecular complexity index is 1570. The molecule has 2 aliphatic carbocycles. The summed E-state index contributed by atoms with van der Waals surface area (Å²) >= 11 is 6.60. The minimum absolute atomic E-state index is 0.0423. The van der Waals surface area contributed by atoms with Crippen LogP contribution in [0, 0.1) is 0 Å². The quantitative estimate of drug-likeness (QED) is 0.244. The molecule has 0 aliphatic heterocycles. The second-order valence-electron chi connectivity index (χ2n) is 8.46. The van der Waals surface area contributed by atoms with Crippen LogP contribution >= 0.6 is 11.6 Å². The molecule has 6 rings (SSSR count). The predicted octanol–water partition coefficient (Wildman–Crippen LogP) is 7.42. The second-order valence-corrected chi connectivity index (χ2v) is 10.4. The van der Waals surface area contributed by atoms with Gasteiger partial charge in [-0.15, -0.1) is 0 Å². The van der Waals surface area contributed by atoms with Gasteiger partial charge in [-0.05, 0) is 57.0 Å². The van der Waals surface area contributed by atoms with Crippen LogP contribution in [0.25, 0.3) is 33.4 Å². The van der Waals surface area contributed by atoms with Gasteiger partial charge in [-0.1, -0.05) is 97.4 Å². The normalized spacial score (nSPS) is 13.5. The van der Waals surface area contributed by atoms with Crippen molar-refractivity contribution in [1.29, 1.82) is 0 Å². The highest BCUT2D eigenvalue weighted by atomic mass is 35.5. The molecule has 0 saturated heterocycles. The Balaban J connectivity index is 1.79. The summed E-state index contributed by atoms with van der Waals surface area (Å²) in [5, 5.41) is 0.167. The Kier molecular flexibility index (Phi) is 4.99. The number of hydrogen-bond acceptors (Lipinski definition) is 3. The summed E-state index contributed by atoms with van der Waals surface area (Å²) in [4.78, 5) is 0.0423. The van der Waals surface area contributed by atoms with E-state index in [1.807, 2.05) is 55.5 Å². The molecule has 168 valence electrons. The first-order chi connectivity index (χ1) is 16.5. The zero-order chi connectivity index (χ0) is 23.4. The van der Waals surface area contributed by atoms with Crippen LogP contribution in [0.2, 0.25) is 5.02 Å². The second kappa shape index (κ2) is 7.95. The average molecular weight is 485 g/mol. The third kappa shape index (κ3) is 3.03. The number of hydrogen-bond donors (Lipinski definition) is 0. The smallest absolute Gasteiger partial charge is 0.266 e. The highest BCUT2D eigenvalue weighted by molar-refractivity contribution is 7.87. The Morgan fingerprint density at radius 2 is 1.12 bits per heavy atom. The monoisotopic (exact) mass is 484 g/mol. The molecule has 34 heavy (non-hydrogen) atoms. The molecule has 5 heteroatoms. The van der Waals surface area contributed by atoms with Crippen LogP contribution in [-0.4, -0.2) is 15.0 Å². The zero-order valence-electron chi connectivity index (χ0n) is 18.5. The summed E-state index contributed by atoms with van der Waals surface area (Å²) in [6.45, 7) is 1.98. The van der Waals surface area contributed by atoms with Crippen molar-refractivity contribution in [2.75, 3.05) is 6.61 Å². The first-order valence-electron chi connectivity index (χ1n) is 11.3. The van der Waals surface area contributed by atoms with E-state index in [1.54, 1.807) is 6.07 Å². The highest BCUT2D eigenvalue weighted by Crippen LogP contribution is 2.56. The summed E-state index contributed by atoms with van der Waals surface area (Å²) in [6, 6.07) is 28.2. The van der Waals surface area contributed by atoms with Gasteiger partial charge in [0.25, 0.3) is 10.1 Å². The van der Waals surface area contributed by atoms with E-state index in [4.69, 9.17) is 15.8 Å². The predicted molar refractivity (Wildman–Crippen MR) is 137 cm³/mol. The van der Waals surface area contributed by atoms with Crippen molar-refractivity contribution in [3.63, 3.8) is 0 Å². The van der Waals surface area contributed by atoms with Crippen molar-refractivity contribution in [2.24, 2.45) is 0 Å². The molecular weight excluding hydrogens is 464 g/mol. The summed E-state index contributed by atoms with van der Waals surface area (Å²) in [5.74, 6) is 0. The molecule has 0 aromatic heterocycles. The van der Waals surface area contributed by atoms with Crippen LogP contribution in [0.1, 0.15) is 35.6 Å². The van der Waals surface area contributed by atoms with E-state index in [-0.39, 0.29) is 16.5 Å². The molecule has 0 spiro atoms. The van der Waals surface area contributed by atoms with Crippen LogP contribution in [0.15, 0.2) is 89.8 Å². The topological polar surface area (TPSA) is 43.4 Å². The summed E-state index contributed by atoms with van der Waals surface area (Å²) in [6.07, 6.45) is 0.584. The fraction of sp³-hybridized carbons (Fsp3) is 0.103. The lowest BCUT2D eigenvalue weighted by Gasteiger charge is -2.16. The zero-order valence-corrected chi connectivity index (χ0v) is 20.1. The number of benzene rings is 4. The van der Waals surface area contributed by atoms with Gasteiger partial charge < -0.3 is 0 Å². The Hall–Kier alpha value is -3.18. The standard InChI is InChI=1S/C29H21ClO3S/c1-2-17-33-34(31,32)29-25(30)16-15-24-20-11-5-8-14-23(20)27(28(24)29)26-21-12-6-3-9-18(21)19-10-4-7-13-22(19)26/h3-16H,2,17H2,1H3. The van der Waals surface area contributed by atoms with Crippen LogP contribution in [0.4, 0.5) is 0 Å². The minimum atomic E-state index is -4.08. The molecule has 0 bridgehead atoms. The average Bonchev–Trinajstić information content (AvgIpc) is 3.35. The van der Waals surface area contributed by atoms with Crippen molar-refractivity contribution >= 4 is 32.9 Å². The summed E-state index contributed by atoms with van der Waals surface area (Å²) in [7, 11) is -4.08. The van der Waals surface area contributed by atoms with Crippen LogP contribution in [0.5, 0.6) is 0 Å². The molecule has 4 aromatic carbocycles. The van der Waals surface area contributed by atoms with Crippen LogP contribution < -0.4 is 0 Å². The summed E-state index contributed by atoms with van der Waals surface area (Å²) < 4.78 is 32.3. The van der Waals surface area contributed by atoms with Gasteiger partial charge in [0.1, 0.15) is 4.90 Å². The number of fused-ring (bicyclic) bond motifs is 6. The molecule has 0 radical (unpaired) electrons. The largest absolute Gasteiger partial charge is 0.299 e. The van der Waals surface area contributed by atoms with Gasteiger partial charge >= 0.3 is 0 Å². The van der Waals surface area contributed by atoms with E-state index in [0.29, 0.717) is 12.0 Å². The van der Waals surface area contributed by atoms with E-state index in [0.717, 1.165) is 50.1 Å². The maximum absolute atomic E-state index is 13.4. The molecule has 0 fully saturated rings. The number of halogens is 1. The van der Waals surface area contributed by atoms with Crippen molar-refractivity contribution < 1.29 is 12.6 Å². The Labute approximate surface area is 204 Å². The van der Waals surface area contributed by atoms with Crippen molar-refractivity contribution in [3.05, 3.63) is 112 Å². The minimum Gasteiger partial charge on any atom is -0.266 e. The third-order valence-electron chi connectivity index (χ3n) is 6.47. The maximum atomic E-state index is 13.4. The van der Waals surface area contributed by atoms with E-state index < -0.39 is 10.1 Å². The fourth-order valence-electron chi connectivity index (χ4n) is 5.14. The van der Waals surface area contributed by atoms with E-state index in [2.05, 4.69) is 30.3 Å². The molecule has 0 amide bonds. The van der Waals surface area contributed by atoms with Gasteiger partial charge in [0.15, 0.2) is 0 Å². The molecule has 0 saturated carbocycles. The van der Waals surface area contributed by atoms with Crippen molar-refractivity contribution in [2.45, 2.75) is 18.2 Å². The van der Waals surface area contributed by atoms with Gasteiger partial charge in [0, 0.05) is 11.1 Å². The highest BCUT2D eigenvalue weighted by Gasteiger charge is 2.37. The lowest BCUT2D eigenvalue weighted by molar-refractivity contribution is 0.318. The molecule has 0 N–H and O–H groups in total. The first kappa shape index (κ1) is 21.4. The van der Waals surface area contributed by atoms with E-state index in [9.17, 15) is 8.42 Å². The van der Waals surface area contributed by atoms with Gasteiger partial charge in [-0.25, -0.2) is 0 Å². The Morgan fingerprint density at radius 3 is 1.65 bits per heavy atom. The van der Waals surface area contributed by atoms with Crippen LogP contribution in [0.3, 0.4) is 0 Å². The third-order valence-corrected chi connectivity index (χ3v) is 8.30. The number of rotatable bonds is 4. The van der Waals surface area contributed by atoms with Gasteiger partial charge in [-0.3, -0.25) is 4.18 Å². The molecule has 2 aliphatic rings. The molecule has 0 unspecified atom stereocenters. The van der Waals surface area contributed by atoms with Gasteiger partial charge in [-0.2, -0.15) is 8.42 Å². The van der Waals surface area contributed by atoms with E-state index >= 15 is 0 Å². The lowest BCUT2D eigenvalue weighted by Crippen LogP contribution is -2.11. The molecular formula is C29H21ClO3S. The van der Waals surface area contributed by atoms with Crippen molar-refractivity contribution in [1.82, 2.24) is 0 Å². The first-order valence-corrected chi connectivity index (χ1v) is 13.1. The molecule has 0 atom stereocenters. The van der Waals surface area contributed by atoms with Gasteiger partial charge in [0.2, 0.25) is 0 Å². The molecule has 3 nitrogen and oxygen atoms in total. The Morgan fingerprint density at radius 1 is 0.647 bits per heavy atom. The van der Waals surface area contributed by atoms with Gasteiger partial charge in [0.05, 0.1) is 11.6 Å². The SMILES string of the molecule is CCCOS(=O)(=O)c1c(Cl)ccc2c1C(=C1c3ccccc3-c3ccccc31)c1ccccc1-2. The van der Waals surface area contributed by atoms with E-state index in [1.165, 1.54) is 0 Å². The lowest BCUT2D eigenvalue weighted by atomic mass is 9.91. The molecule has 4 aromatic rings. The molecule has 0 heterocycles. The maximum Gasteiger partial charge on any atom is 0.299 e. The summed E-state index contributed by atoms with van der Waals surface area (Å²) in [5.41, 5.74) is 9.79. The fourth-order valence-corrected chi connectivity index (χ4v) is 6.86. The van der Waals surface area contributed by atoms with Crippen LogP contribution in [-0.2, 0) is 14.3 Å².